The van der Waals surface area contributed by atoms with E-state index in [-0.39, 0.29) is 31.7 Å². The Morgan fingerprint density at radius 1 is 1.15 bits per heavy atom. The van der Waals surface area contributed by atoms with Crippen molar-refractivity contribution in [2.24, 2.45) is 0 Å². The van der Waals surface area contributed by atoms with E-state index in [2.05, 4.69) is 4.74 Å². The van der Waals surface area contributed by atoms with Gasteiger partial charge in [0.25, 0.3) is 0 Å². The van der Waals surface area contributed by atoms with Crippen molar-refractivity contribution in [2.45, 2.75) is 26.2 Å². The average molecular weight is 188 g/mol. The van der Waals surface area contributed by atoms with Gasteiger partial charge in [-0.15, -0.1) is 0 Å². The van der Waals surface area contributed by atoms with E-state index in [9.17, 15) is 14.4 Å². The van der Waals surface area contributed by atoms with Crippen LogP contribution in [-0.4, -0.2) is 29.4 Å². The van der Waals surface area contributed by atoms with E-state index in [1.54, 1.807) is 0 Å². The molecular weight excluding hydrogens is 176 g/mol. The molecule has 0 aliphatic heterocycles. The Morgan fingerprint density at radius 3 is 2.23 bits per heavy atom. The number of carbonyl (C=O) groups excluding carboxylic acids is 2. The molecule has 0 radical (unpaired) electrons. The number of rotatable bonds is 6. The van der Waals surface area contributed by atoms with Gasteiger partial charge in [0.2, 0.25) is 0 Å². The highest BCUT2D eigenvalue weighted by Gasteiger charge is 2.06. The summed E-state index contributed by atoms with van der Waals surface area (Å²) in [5.41, 5.74) is 0. The van der Waals surface area contributed by atoms with Gasteiger partial charge in [-0.25, -0.2) is 0 Å². The fourth-order valence-corrected chi connectivity index (χ4v) is 0.590. The third kappa shape index (κ3) is 8.52. The number of ether oxygens (including phenoxy) is 1. The van der Waals surface area contributed by atoms with Gasteiger partial charge < -0.3 is 9.84 Å². The van der Waals surface area contributed by atoms with Crippen molar-refractivity contribution in [3.05, 3.63) is 0 Å². The molecule has 5 heteroatoms. The molecule has 0 heterocycles. The zero-order valence-corrected chi connectivity index (χ0v) is 7.41. The van der Waals surface area contributed by atoms with Crippen LogP contribution in [0.4, 0.5) is 0 Å². The molecule has 0 rings (SSSR count). The maximum atomic E-state index is 10.7. The summed E-state index contributed by atoms with van der Waals surface area (Å²) < 4.78 is 4.58. The number of hydrogen-bond donors (Lipinski definition) is 1. The lowest BCUT2D eigenvalue weighted by Gasteiger charge is -2.00. The topological polar surface area (TPSA) is 80.7 Å². The summed E-state index contributed by atoms with van der Waals surface area (Å²) in [4.78, 5) is 31.2. The molecule has 0 aromatic carbocycles. The minimum atomic E-state index is -1.04. The molecular formula is C8H12O5. The van der Waals surface area contributed by atoms with E-state index in [1.807, 2.05) is 0 Å². The molecule has 0 spiro atoms. The van der Waals surface area contributed by atoms with E-state index < -0.39 is 11.9 Å². The Morgan fingerprint density at radius 2 is 1.77 bits per heavy atom. The number of esters is 1. The summed E-state index contributed by atoms with van der Waals surface area (Å²) >= 11 is 0. The predicted octanol–water partition coefficient (Wildman–Crippen LogP) is 0.374. The van der Waals surface area contributed by atoms with Crippen LogP contribution < -0.4 is 0 Å². The number of Topliss-reactive ketones (excluding diaryl/α,β-unsaturated/α-hetero) is 1. The van der Waals surface area contributed by atoms with Gasteiger partial charge in [0.05, 0.1) is 19.4 Å². The molecule has 13 heavy (non-hydrogen) atoms. The van der Waals surface area contributed by atoms with Crippen molar-refractivity contribution >= 4 is 17.7 Å². The van der Waals surface area contributed by atoms with Crippen molar-refractivity contribution < 1.29 is 24.2 Å². The molecule has 5 nitrogen and oxygen atoms in total. The lowest BCUT2D eigenvalue weighted by atomic mass is 10.3. The van der Waals surface area contributed by atoms with Crippen LogP contribution in [0, 0.1) is 0 Å². The van der Waals surface area contributed by atoms with Gasteiger partial charge in [0.15, 0.2) is 0 Å². The predicted molar refractivity (Wildman–Crippen MR) is 43.1 cm³/mol. The summed E-state index contributed by atoms with van der Waals surface area (Å²) in [6.45, 7) is 1.43. The third-order valence-electron chi connectivity index (χ3n) is 1.26. The van der Waals surface area contributed by atoms with Crippen LogP contribution >= 0.6 is 0 Å². The van der Waals surface area contributed by atoms with Crippen LogP contribution in [0.15, 0.2) is 0 Å². The fraction of sp³-hybridized carbons (Fsp3) is 0.625. The van der Waals surface area contributed by atoms with Gasteiger partial charge in [-0.05, 0) is 6.92 Å². The fourth-order valence-electron chi connectivity index (χ4n) is 0.590. The van der Waals surface area contributed by atoms with E-state index in [1.165, 1.54) is 6.92 Å². The molecule has 74 valence electrons. The highest BCUT2D eigenvalue weighted by Crippen LogP contribution is 1.94. The molecule has 0 saturated carbocycles. The van der Waals surface area contributed by atoms with Crippen molar-refractivity contribution in [2.75, 3.05) is 6.61 Å². The first-order valence-electron chi connectivity index (χ1n) is 3.89. The zero-order chi connectivity index (χ0) is 10.3. The van der Waals surface area contributed by atoms with Crippen molar-refractivity contribution in [1.82, 2.24) is 0 Å². The van der Waals surface area contributed by atoms with Crippen molar-refractivity contribution in [3.63, 3.8) is 0 Å². The Labute approximate surface area is 75.7 Å². The van der Waals surface area contributed by atoms with Crippen LogP contribution in [0.3, 0.4) is 0 Å². The quantitative estimate of drug-likeness (QED) is 0.609. The lowest BCUT2D eigenvalue weighted by molar-refractivity contribution is -0.148. The molecule has 0 atom stereocenters. The highest BCUT2D eigenvalue weighted by atomic mass is 16.5. The van der Waals surface area contributed by atoms with Gasteiger partial charge in [-0.2, -0.15) is 0 Å². The second-order valence-corrected chi connectivity index (χ2v) is 2.57. The largest absolute Gasteiger partial charge is 0.481 e. The minimum absolute atomic E-state index is 0.0355. The van der Waals surface area contributed by atoms with Gasteiger partial charge >= 0.3 is 11.9 Å². The first-order chi connectivity index (χ1) is 6.02. The Balaban J connectivity index is 3.41. The summed E-state index contributed by atoms with van der Waals surface area (Å²) in [6.07, 6.45) is -0.203. The molecule has 1 N–H and O–H groups in total. The summed E-state index contributed by atoms with van der Waals surface area (Å²) in [5, 5.41) is 8.21. The summed E-state index contributed by atoms with van der Waals surface area (Å²) in [6, 6.07) is 0. The molecule has 0 fully saturated rings. The van der Waals surface area contributed by atoms with Gasteiger partial charge in [0, 0.05) is 6.42 Å². The Kier molecular flexibility index (Phi) is 5.50. The SMILES string of the molecule is CC(=O)CCOC(=O)CCC(=O)O. The van der Waals surface area contributed by atoms with Gasteiger partial charge in [-0.3, -0.25) is 14.4 Å². The van der Waals surface area contributed by atoms with Gasteiger partial charge in [-0.1, -0.05) is 0 Å². The van der Waals surface area contributed by atoms with E-state index in [0.717, 1.165) is 0 Å². The normalized spacial score (nSPS) is 9.31. The van der Waals surface area contributed by atoms with Crippen molar-refractivity contribution in [1.29, 1.82) is 0 Å². The minimum Gasteiger partial charge on any atom is -0.481 e. The molecule has 0 unspecified atom stereocenters. The second kappa shape index (κ2) is 6.16. The zero-order valence-electron chi connectivity index (χ0n) is 7.41. The number of carboxylic acids is 1. The molecule has 0 amide bonds. The Bertz CT molecular complexity index is 209. The van der Waals surface area contributed by atoms with E-state index in [0.29, 0.717) is 0 Å². The van der Waals surface area contributed by atoms with Crippen molar-refractivity contribution in [3.8, 4) is 0 Å². The molecule has 0 aromatic rings. The number of ketones is 1. The van der Waals surface area contributed by atoms with Crippen LogP contribution in [0.2, 0.25) is 0 Å². The Hall–Kier alpha value is -1.39. The van der Waals surface area contributed by atoms with Crippen LogP contribution in [0.25, 0.3) is 0 Å². The lowest BCUT2D eigenvalue weighted by Crippen LogP contribution is -2.09. The molecule has 0 aliphatic rings. The average Bonchev–Trinajstić information content (AvgIpc) is 2.00. The maximum absolute atomic E-state index is 10.7. The maximum Gasteiger partial charge on any atom is 0.306 e. The van der Waals surface area contributed by atoms with E-state index in [4.69, 9.17) is 5.11 Å². The number of carboxylic acid groups (broad SMARTS) is 1. The smallest absolute Gasteiger partial charge is 0.306 e. The summed E-state index contributed by atoms with van der Waals surface area (Å²) in [7, 11) is 0. The molecule has 0 saturated heterocycles. The number of hydrogen-bond acceptors (Lipinski definition) is 4. The molecule has 0 bridgehead atoms. The van der Waals surface area contributed by atoms with Crippen LogP contribution in [0.5, 0.6) is 0 Å². The van der Waals surface area contributed by atoms with Gasteiger partial charge in [0.1, 0.15) is 5.78 Å². The monoisotopic (exact) mass is 188 g/mol. The van der Waals surface area contributed by atoms with E-state index >= 15 is 0 Å². The summed E-state index contributed by atoms with van der Waals surface area (Å²) in [5.74, 6) is -1.68. The van der Waals surface area contributed by atoms with Crippen LogP contribution in [-0.2, 0) is 19.1 Å². The first kappa shape index (κ1) is 11.6. The molecule has 0 aromatic heterocycles. The second-order valence-electron chi connectivity index (χ2n) is 2.57. The van der Waals surface area contributed by atoms with Crippen LogP contribution in [0.1, 0.15) is 26.2 Å². The number of aliphatic carboxylic acids is 1. The third-order valence-corrected chi connectivity index (χ3v) is 1.26. The standard InChI is InChI=1S/C8H12O5/c1-6(9)4-5-13-8(12)3-2-7(10)11/h2-5H2,1H3,(H,10,11). The number of carbonyl (C=O) groups is 3. The first-order valence-corrected chi connectivity index (χ1v) is 3.89. The highest BCUT2D eigenvalue weighted by molar-refractivity contribution is 5.77. The molecule has 0 aliphatic carbocycles.